The van der Waals surface area contributed by atoms with E-state index in [2.05, 4.69) is 5.32 Å². The van der Waals surface area contributed by atoms with Gasteiger partial charge in [-0.05, 0) is 48.9 Å². The number of aryl methyl sites for hydroxylation is 1. The highest BCUT2D eigenvalue weighted by molar-refractivity contribution is 5.93. The number of nitrogens with one attached hydrogen (secondary N) is 1. The van der Waals surface area contributed by atoms with E-state index >= 15 is 0 Å². The molecule has 1 fully saturated rings. The molecule has 1 aliphatic carbocycles. The molecule has 18 heavy (non-hydrogen) atoms. The Morgan fingerprint density at radius 1 is 1.39 bits per heavy atom. The Morgan fingerprint density at radius 3 is 3.00 bits per heavy atom. The lowest BCUT2D eigenvalue weighted by Crippen LogP contribution is -2.20. The summed E-state index contributed by atoms with van der Waals surface area (Å²) in [7, 11) is 0. The van der Waals surface area contributed by atoms with Crippen molar-refractivity contribution in [1.29, 1.82) is 0 Å². The molecule has 1 unspecified atom stereocenters. The van der Waals surface area contributed by atoms with Crippen molar-refractivity contribution < 1.29 is 14.6 Å². The SMILES string of the molecule is O=C1CCc2cc(OCC(O)C3CC3)ccc2N1. The number of anilines is 1. The smallest absolute Gasteiger partial charge is 0.224 e. The summed E-state index contributed by atoms with van der Waals surface area (Å²) >= 11 is 0. The summed E-state index contributed by atoms with van der Waals surface area (Å²) in [5.74, 6) is 1.27. The van der Waals surface area contributed by atoms with Gasteiger partial charge in [0.05, 0.1) is 6.10 Å². The fourth-order valence-electron chi connectivity index (χ4n) is 2.25. The van der Waals surface area contributed by atoms with E-state index in [0.29, 0.717) is 18.9 Å². The van der Waals surface area contributed by atoms with Gasteiger partial charge in [0.1, 0.15) is 12.4 Å². The molecule has 96 valence electrons. The third kappa shape index (κ3) is 2.48. The topological polar surface area (TPSA) is 58.6 Å². The molecule has 1 aromatic rings. The standard InChI is InChI=1S/C14H17NO3/c16-13(9-1-2-9)8-18-11-4-5-12-10(7-11)3-6-14(17)15-12/h4-5,7,9,13,16H,1-3,6,8H2,(H,15,17). The third-order valence-corrected chi connectivity index (χ3v) is 3.56. The molecule has 4 nitrogen and oxygen atoms in total. The van der Waals surface area contributed by atoms with Gasteiger partial charge >= 0.3 is 0 Å². The number of benzene rings is 1. The Hall–Kier alpha value is -1.55. The molecule has 0 saturated heterocycles. The molecule has 2 N–H and O–H groups in total. The zero-order valence-electron chi connectivity index (χ0n) is 10.2. The van der Waals surface area contributed by atoms with Crippen LogP contribution in [0.3, 0.4) is 0 Å². The van der Waals surface area contributed by atoms with E-state index in [0.717, 1.165) is 36.3 Å². The summed E-state index contributed by atoms with van der Waals surface area (Å²) in [4.78, 5) is 11.2. The number of hydrogen-bond donors (Lipinski definition) is 2. The largest absolute Gasteiger partial charge is 0.491 e. The first-order valence-corrected chi connectivity index (χ1v) is 6.46. The van der Waals surface area contributed by atoms with Crippen LogP contribution in [-0.4, -0.2) is 23.7 Å². The first-order chi connectivity index (χ1) is 8.72. The number of fused-ring (bicyclic) bond motifs is 1. The van der Waals surface area contributed by atoms with Crippen molar-refractivity contribution in [3.05, 3.63) is 23.8 Å². The number of carbonyl (C=O) groups excluding carboxylic acids is 1. The van der Waals surface area contributed by atoms with E-state index < -0.39 is 0 Å². The number of ether oxygens (including phenoxy) is 1. The highest BCUT2D eigenvalue weighted by atomic mass is 16.5. The van der Waals surface area contributed by atoms with Crippen molar-refractivity contribution in [2.75, 3.05) is 11.9 Å². The number of hydrogen-bond acceptors (Lipinski definition) is 3. The molecule has 1 aromatic carbocycles. The molecule has 2 aliphatic rings. The summed E-state index contributed by atoms with van der Waals surface area (Å²) in [6, 6.07) is 5.66. The van der Waals surface area contributed by atoms with Crippen molar-refractivity contribution in [2.45, 2.75) is 31.8 Å². The third-order valence-electron chi connectivity index (χ3n) is 3.56. The summed E-state index contributed by atoms with van der Waals surface area (Å²) in [6.45, 7) is 0.357. The quantitative estimate of drug-likeness (QED) is 0.851. The monoisotopic (exact) mass is 247 g/mol. The average Bonchev–Trinajstić information content (AvgIpc) is 3.20. The average molecular weight is 247 g/mol. The zero-order chi connectivity index (χ0) is 12.5. The molecular weight excluding hydrogens is 230 g/mol. The molecule has 0 spiro atoms. The van der Waals surface area contributed by atoms with Gasteiger partial charge in [0, 0.05) is 12.1 Å². The van der Waals surface area contributed by atoms with Crippen LogP contribution in [0.1, 0.15) is 24.8 Å². The van der Waals surface area contributed by atoms with E-state index in [1.54, 1.807) is 0 Å². The maximum atomic E-state index is 11.2. The van der Waals surface area contributed by atoms with E-state index in [-0.39, 0.29) is 12.0 Å². The van der Waals surface area contributed by atoms with Crippen molar-refractivity contribution in [2.24, 2.45) is 5.92 Å². The molecule has 1 heterocycles. The van der Waals surface area contributed by atoms with Gasteiger partial charge in [-0.15, -0.1) is 0 Å². The number of aliphatic hydroxyl groups is 1. The lowest BCUT2D eigenvalue weighted by Gasteiger charge is -2.18. The predicted molar refractivity (Wildman–Crippen MR) is 67.6 cm³/mol. The van der Waals surface area contributed by atoms with Crippen molar-refractivity contribution >= 4 is 11.6 Å². The minimum absolute atomic E-state index is 0.0697. The first kappa shape index (κ1) is 11.5. The molecular formula is C14H17NO3. The van der Waals surface area contributed by atoms with Crippen LogP contribution in [0.2, 0.25) is 0 Å². The Morgan fingerprint density at radius 2 is 2.22 bits per heavy atom. The van der Waals surface area contributed by atoms with Gasteiger partial charge in [0.25, 0.3) is 0 Å². The number of carbonyl (C=O) groups is 1. The molecule has 3 rings (SSSR count). The fourth-order valence-corrected chi connectivity index (χ4v) is 2.25. The minimum atomic E-state index is -0.347. The van der Waals surface area contributed by atoms with Gasteiger partial charge in [0.15, 0.2) is 0 Å². The van der Waals surface area contributed by atoms with Crippen molar-refractivity contribution in [3.8, 4) is 5.75 Å². The maximum absolute atomic E-state index is 11.2. The highest BCUT2D eigenvalue weighted by Crippen LogP contribution is 2.33. The zero-order valence-corrected chi connectivity index (χ0v) is 10.2. The van der Waals surface area contributed by atoms with Crippen LogP contribution in [0.25, 0.3) is 0 Å². The lowest BCUT2D eigenvalue weighted by molar-refractivity contribution is -0.116. The van der Waals surface area contributed by atoms with Gasteiger partial charge in [-0.2, -0.15) is 0 Å². The molecule has 0 bridgehead atoms. The number of aliphatic hydroxyl groups excluding tert-OH is 1. The van der Waals surface area contributed by atoms with Crippen molar-refractivity contribution in [3.63, 3.8) is 0 Å². The lowest BCUT2D eigenvalue weighted by atomic mass is 10.0. The minimum Gasteiger partial charge on any atom is -0.491 e. The van der Waals surface area contributed by atoms with Gasteiger partial charge in [0.2, 0.25) is 5.91 Å². The fraction of sp³-hybridized carbons (Fsp3) is 0.500. The molecule has 0 radical (unpaired) electrons. The van der Waals surface area contributed by atoms with Crippen LogP contribution in [0, 0.1) is 5.92 Å². The van der Waals surface area contributed by atoms with Gasteiger partial charge in [-0.1, -0.05) is 0 Å². The molecule has 1 amide bonds. The van der Waals surface area contributed by atoms with Crippen LogP contribution < -0.4 is 10.1 Å². The molecule has 0 aromatic heterocycles. The van der Waals surface area contributed by atoms with E-state index in [1.165, 1.54) is 0 Å². The van der Waals surface area contributed by atoms with Gasteiger partial charge in [-0.25, -0.2) is 0 Å². The van der Waals surface area contributed by atoms with Crippen LogP contribution in [0.5, 0.6) is 5.75 Å². The van der Waals surface area contributed by atoms with Gasteiger partial charge < -0.3 is 15.2 Å². The molecule has 1 aliphatic heterocycles. The van der Waals surface area contributed by atoms with Gasteiger partial charge in [-0.3, -0.25) is 4.79 Å². The first-order valence-electron chi connectivity index (χ1n) is 6.46. The second kappa shape index (κ2) is 4.61. The number of rotatable bonds is 4. The normalized spacial score (nSPS) is 19.9. The van der Waals surface area contributed by atoms with E-state index in [1.807, 2.05) is 18.2 Å². The summed E-state index contributed by atoms with van der Waals surface area (Å²) in [5, 5.41) is 12.6. The second-order valence-electron chi connectivity index (χ2n) is 5.08. The predicted octanol–water partition coefficient (Wildman–Crippen LogP) is 1.72. The molecule has 1 saturated carbocycles. The molecule has 1 atom stereocenters. The Kier molecular flexibility index (Phi) is 2.96. The Labute approximate surface area is 106 Å². The summed E-state index contributed by atoms with van der Waals surface area (Å²) in [6.07, 6.45) is 3.16. The number of amides is 1. The Balaban J connectivity index is 1.64. The molecule has 4 heteroatoms. The summed E-state index contributed by atoms with van der Waals surface area (Å²) < 4.78 is 5.60. The van der Waals surface area contributed by atoms with Crippen LogP contribution >= 0.6 is 0 Å². The van der Waals surface area contributed by atoms with E-state index in [9.17, 15) is 9.90 Å². The van der Waals surface area contributed by atoms with Crippen LogP contribution in [-0.2, 0) is 11.2 Å². The highest BCUT2D eigenvalue weighted by Gasteiger charge is 2.30. The maximum Gasteiger partial charge on any atom is 0.224 e. The Bertz CT molecular complexity index is 468. The van der Waals surface area contributed by atoms with Crippen LogP contribution in [0.15, 0.2) is 18.2 Å². The van der Waals surface area contributed by atoms with Crippen LogP contribution in [0.4, 0.5) is 5.69 Å². The summed E-state index contributed by atoms with van der Waals surface area (Å²) in [5.41, 5.74) is 1.98. The van der Waals surface area contributed by atoms with Crippen molar-refractivity contribution in [1.82, 2.24) is 0 Å². The van der Waals surface area contributed by atoms with E-state index in [4.69, 9.17) is 4.74 Å². The second-order valence-corrected chi connectivity index (χ2v) is 5.08.